The SMILES string of the molecule is COc1ccc(-c2c(C)sc(N)c2C(=O)OC(C)(C)C)cc1. The molecule has 0 fully saturated rings. The minimum atomic E-state index is -0.559. The van der Waals surface area contributed by atoms with Crippen molar-refractivity contribution in [3.05, 3.63) is 34.7 Å². The van der Waals surface area contributed by atoms with Gasteiger partial charge in [0.25, 0.3) is 0 Å². The van der Waals surface area contributed by atoms with E-state index in [4.69, 9.17) is 15.2 Å². The molecule has 4 nitrogen and oxygen atoms in total. The maximum Gasteiger partial charge on any atom is 0.342 e. The molecular formula is C17H21NO3S. The number of nitrogen functional groups attached to an aromatic ring is 1. The summed E-state index contributed by atoms with van der Waals surface area (Å²) in [5.41, 5.74) is 7.69. The van der Waals surface area contributed by atoms with E-state index in [1.807, 2.05) is 52.0 Å². The standard InChI is InChI=1S/C17H21NO3S/c1-10-13(11-6-8-12(20-5)9-7-11)14(15(18)22-10)16(19)21-17(2,3)4/h6-9H,18H2,1-5H3. The lowest BCUT2D eigenvalue weighted by Gasteiger charge is -2.20. The van der Waals surface area contributed by atoms with E-state index in [-0.39, 0.29) is 5.97 Å². The van der Waals surface area contributed by atoms with Crippen LogP contribution in [0.3, 0.4) is 0 Å². The molecule has 0 spiro atoms. The zero-order chi connectivity index (χ0) is 16.5. The molecule has 2 N–H and O–H groups in total. The Morgan fingerprint density at radius 1 is 1.18 bits per heavy atom. The van der Waals surface area contributed by atoms with Crippen molar-refractivity contribution in [2.45, 2.75) is 33.3 Å². The highest BCUT2D eigenvalue weighted by atomic mass is 32.1. The third-order valence-corrected chi connectivity index (χ3v) is 4.03. The highest BCUT2D eigenvalue weighted by Gasteiger charge is 2.26. The van der Waals surface area contributed by atoms with Crippen molar-refractivity contribution in [3.8, 4) is 16.9 Å². The monoisotopic (exact) mass is 319 g/mol. The van der Waals surface area contributed by atoms with Crippen LogP contribution in [0.1, 0.15) is 36.0 Å². The van der Waals surface area contributed by atoms with Gasteiger partial charge in [-0.05, 0) is 45.4 Å². The van der Waals surface area contributed by atoms with Gasteiger partial charge in [0, 0.05) is 10.4 Å². The quantitative estimate of drug-likeness (QED) is 0.858. The molecule has 118 valence electrons. The van der Waals surface area contributed by atoms with E-state index >= 15 is 0 Å². The minimum Gasteiger partial charge on any atom is -0.497 e. The fourth-order valence-corrected chi connectivity index (χ4v) is 3.14. The van der Waals surface area contributed by atoms with E-state index in [9.17, 15) is 4.79 Å². The van der Waals surface area contributed by atoms with Gasteiger partial charge in [0.1, 0.15) is 21.9 Å². The van der Waals surface area contributed by atoms with E-state index in [1.54, 1.807) is 7.11 Å². The van der Waals surface area contributed by atoms with Crippen LogP contribution in [0, 0.1) is 6.92 Å². The van der Waals surface area contributed by atoms with Crippen LogP contribution in [0.25, 0.3) is 11.1 Å². The predicted octanol–water partition coefficient (Wildman–Crippen LogP) is 4.27. The van der Waals surface area contributed by atoms with Gasteiger partial charge in [0.15, 0.2) is 0 Å². The molecule has 0 aliphatic heterocycles. The van der Waals surface area contributed by atoms with Gasteiger partial charge in [0.05, 0.1) is 7.11 Å². The van der Waals surface area contributed by atoms with Crippen LogP contribution in [-0.4, -0.2) is 18.7 Å². The third-order valence-electron chi connectivity index (χ3n) is 3.09. The van der Waals surface area contributed by atoms with Gasteiger partial charge < -0.3 is 15.2 Å². The van der Waals surface area contributed by atoms with Crippen molar-refractivity contribution in [3.63, 3.8) is 0 Å². The zero-order valence-corrected chi connectivity index (χ0v) is 14.3. The summed E-state index contributed by atoms with van der Waals surface area (Å²) in [6.07, 6.45) is 0. The fraction of sp³-hybridized carbons (Fsp3) is 0.353. The minimum absolute atomic E-state index is 0.389. The predicted molar refractivity (Wildman–Crippen MR) is 90.6 cm³/mol. The molecule has 22 heavy (non-hydrogen) atoms. The number of carbonyl (C=O) groups is 1. The molecule has 2 rings (SSSR count). The molecule has 0 saturated carbocycles. The van der Waals surface area contributed by atoms with Gasteiger partial charge in [-0.15, -0.1) is 11.3 Å². The topological polar surface area (TPSA) is 61.5 Å². The highest BCUT2D eigenvalue weighted by molar-refractivity contribution is 7.16. The summed E-state index contributed by atoms with van der Waals surface area (Å²) in [6, 6.07) is 7.56. The number of esters is 1. The lowest BCUT2D eigenvalue weighted by molar-refractivity contribution is 0.00721. The van der Waals surface area contributed by atoms with Gasteiger partial charge in [-0.2, -0.15) is 0 Å². The van der Waals surface area contributed by atoms with Crippen molar-refractivity contribution in [1.29, 1.82) is 0 Å². The van der Waals surface area contributed by atoms with E-state index in [0.29, 0.717) is 10.6 Å². The Morgan fingerprint density at radius 3 is 2.27 bits per heavy atom. The van der Waals surface area contributed by atoms with Crippen molar-refractivity contribution in [1.82, 2.24) is 0 Å². The number of benzene rings is 1. The molecule has 0 aliphatic rings. The summed E-state index contributed by atoms with van der Waals surface area (Å²) in [5.74, 6) is 0.378. The van der Waals surface area contributed by atoms with Crippen LogP contribution >= 0.6 is 11.3 Å². The van der Waals surface area contributed by atoms with Crippen molar-refractivity contribution < 1.29 is 14.3 Å². The average Bonchev–Trinajstić information content (AvgIpc) is 2.71. The van der Waals surface area contributed by atoms with E-state index in [2.05, 4.69) is 0 Å². The fourth-order valence-electron chi connectivity index (χ4n) is 2.20. The van der Waals surface area contributed by atoms with Gasteiger partial charge >= 0.3 is 5.97 Å². The molecule has 0 bridgehead atoms. The summed E-state index contributed by atoms with van der Waals surface area (Å²) < 4.78 is 10.7. The van der Waals surface area contributed by atoms with E-state index in [0.717, 1.165) is 21.8 Å². The summed E-state index contributed by atoms with van der Waals surface area (Å²) >= 11 is 1.40. The Balaban J connectivity index is 2.49. The van der Waals surface area contributed by atoms with Gasteiger partial charge in [-0.25, -0.2) is 4.79 Å². The van der Waals surface area contributed by atoms with Crippen LogP contribution in [0.15, 0.2) is 24.3 Å². The molecule has 0 atom stereocenters. The second-order valence-electron chi connectivity index (χ2n) is 6.00. The molecular weight excluding hydrogens is 298 g/mol. The number of nitrogens with two attached hydrogens (primary N) is 1. The molecule has 1 heterocycles. The number of hydrogen-bond acceptors (Lipinski definition) is 5. The van der Waals surface area contributed by atoms with E-state index in [1.165, 1.54) is 11.3 Å². The second-order valence-corrected chi connectivity index (χ2v) is 7.26. The summed E-state index contributed by atoms with van der Waals surface area (Å²) in [4.78, 5) is 13.5. The number of thiophene rings is 1. The maximum atomic E-state index is 12.5. The third kappa shape index (κ3) is 3.42. The Kier molecular flexibility index (Phi) is 4.47. The largest absolute Gasteiger partial charge is 0.497 e. The van der Waals surface area contributed by atoms with E-state index < -0.39 is 5.60 Å². The maximum absolute atomic E-state index is 12.5. The highest BCUT2D eigenvalue weighted by Crippen LogP contribution is 2.39. The Hall–Kier alpha value is -2.01. The number of rotatable bonds is 3. The first-order chi connectivity index (χ1) is 10.2. The first-order valence-corrected chi connectivity index (χ1v) is 7.81. The number of carbonyl (C=O) groups excluding carboxylic acids is 1. The molecule has 1 aromatic heterocycles. The van der Waals surface area contributed by atoms with Crippen LogP contribution in [0.4, 0.5) is 5.00 Å². The van der Waals surface area contributed by atoms with Crippen LogP contribution < -0.4 is 10.5 Å². The molecule has 0 aliphatic carbocycles. The number of ether oxygens (including phenoxy) is 2. The summed E-state index contributed by atoms with van der Waals surface area (Å²) in [7, 11) is 1.62. The average molecular weight is 319 g/mol. The molecule has 0 saturated heterocycles. The lowest BCUT2D eigenvalue weighted by atomic mass is 10.0. The van der Waals surface area contributed by atoms with Crippen LogP contribution in [-0.2, 0) is 4.74 Å². The van der Waals surface area contributed by atoms with Gasteiger partial charge in [0.2, 0.25) is 0 Å². The van der Waals surface area contributed by atoms with Crippen LogP contribution in [0.2, 0.25) is 0 Å². The van der Waals surface area contributed by atoms with Gasteiger partial charge in [-0.1, -0.05) is 12.1 Å². The molecule has 0 unspecified atom stereocenters. The van der Waals surface area contributed by atoms with Crippen molar-refractivity contribution in [2.75, 3.05) is 12.8 Å². The first-order valence-electron chi connectivity index (χ1n) is 6.99. The Morgan fingerprint density at radius 2 is 1.77 bits per heavy atom. The summed E-state index contributed by atoms with van der Waals surface area (Å²) in [5, 5.41) is 0.484. The second kappa shape index (κ2) is 6.01. The molecule has 1 aromatic carbocycles. The van der Waals surface area contributed by atoms with Crippen molar-refractivity contribution >= 4 is 22.3 Å². The Labute approximate surface area is 134 Å². The lowest BCUT2D eigenvalue weighted by Crippen LogP contribution is -2.24. The number of aryl methyl sites for hydroxylation is 1. The zero-order valence-electron chi connectivity index (χ0n) is 13.5. The smallest absolute Gasteiger partial charge is 0.342 e. The Bertz CT molecular complexity index is 681. The molecule has 5 heteroatoms. The normalized spacial score (nSPS) is 11.3. The molecule has 0 amide bonds. The van der Waals surface area contributed by atoms with Crippen LogP contribution in [0.5, 0.6) is 5.75 Å². The molecule has 2 aromatic rings. The summed E-state index contributed by atoms with van der Waals surface area (Å²) in [6.45, 7) is 7.47. The first kappa shape index (κ1) is 16.4. The number of anilines is 1. The van der Waals surface area contributed by atoms with Gasteiger partial charge in [-0.3, -0.25) is 0 Å². The molecule has 0 radical (unpaired) electrons. The number of methoxy groups -OCH3 is 1. The van der Waals surface area contributed by atoms with Crippen molar-refractivity contribution in [2.24, 2.45) is 0 Å². The number of hydrogen-bond donors (Lipinski definition) is 1.